The molecule has 1 aromatic carbocycles. The molecule has 0 radical (unpaired) electrons. The van der Waals surface area contributed by atoms with Crippen molar-refractivity contribution < 1.29 is 9.90 Å². The van der Waals surface area contributed by atoms with Crippen molar-refractivity contribution in [1.82, 2.24) is 15.1 Å². The second-order valence-corrected chi connectivity index (χ2v) is 5.72. The molecule has 0 bridgehead atoms. The molecule has 0 unspecified atom stereocenters. The summed E-state index contributed by atoms with van der Waals surface area (Å²) in [5.74, 6) is -0.263. The van der Waals surface area contributed by atoms with Crippen LogP contribution in [0.4, 0.5) is 0 Å². The zero-order chi connectivity index (χ0) is 16.4. The summed E-state index contributed by atoms with van der Waals surface area (Å²) >= 11 is 5.86. The SMILES string of the molecule is CC[C@@H](NC(=O)c1ccc(O)c(Cl)c1)c1c(C)nn(C)c1C. The van der Waals surface area contributed by atoms with Gasteiger partial charge in [0.05, 0.1) is 16.8 Å². The Morgan fingerprint density at radius 2 is 2.14 bits per heavy atom. The second-order valence-electron chi connectivity index (χ2n) is 5.31. The smallest absolute Gasteiger partial charge is 0.251 e. The first-order chi connectivity index (χ1) is 10.3. The minimum atomic E-state index is -0.226. The largest absolute Gasteiger partial charge is 0.506 e. The lowest BCUT2D eigenvalue weighted by Crippen LogP contribution is -2.28. The van der Waals surface area contributed by atoms with Crippen LogP contribution in [0.1, 0.15) is 46.7 Å². The molecule has 6 heteroatoms. The Balaban J connectivity index is 2.26. The number of hydrogen-bond acceptors (Lipinski definition) is 3. The maximum Gasteiger partial charge on any atom is 0.251 e. The molecule has 0 aliphatic rings. The van der Waals surface area contributed by atoms with E-state index in [1.165, 1.54) is 12.1 Å². The molecule has 1 aromatic heterocycles. The average molecular weight is 322 g/mol. The lowest BCUT2D eigenvalue weighted by atomic mass is 10.0. The number of carbonyl (C=O) groups is 1. The molecule has 2 aromatic rings. The highest BCUT2D eigenvalue weighted by molar-refractivity contribution is 6.32. The van der Waals surface area contributed by atoms with Crippen molar-refractivity contribution in [2.24, 2.45) is 7.05 Å². The maximum atomic E-state index is 12.4. The van der Waals surface area contributed by atoms with Crippen molar-refractivity contribution >= 4 is 17.5 Å². The summed E-state index contributed by atoms with van der Waals surface area (Å²) in [5, 5.41) is 17.0. The Labute approximate surface area is 134 Å². The Morgan fingerprint density at radius 1 is 1.45 bits per heavy atom. The normalized spacial score (nSPS) is 12.2. The van der Waals surface area contributed by atoms with Crippen LogP contribution in [-0.4, -0.2) is 20.8 Å². The van der Waals surface area contributed by atoms with E-state index in [0.29, 0.717) is 5.56 Å². The van der Waals surface area contributed by atoms with Crippen LogP contribution in [0.2, 0.25) is 5.02 Å². The third-order valence-corrected chi connectivity index (χ3v) is 4.14. The number of carbonyl (C=O) groups excluding carboxylic acids is 1. The average Bonchev–Trinajstić information content (AvgIpc) is 2.72. The van der Waals surface area contributed by atoms with E-state index in [0.717, 1.165) is 23.4 Å². The number of aryl methyl sites for hydroxylation is 2. The summed E-state index contributed by atoms with van der Waals surface area (Å²) < 4.78 is 1.82. The number of amides is 1. The van der Waals surface area contributed by atoms with Gasteiger partial charge < -0.3 is 10.4 Å². The number of aromatic nitrogens is 2. The molecule has 118 valence electrons. The zero-order valence-electron chi connectivity index (χ0n) is 13.1. The molecule has 22 heavy (non-hydrogen) atoms. The standard InChI is InChI=1S/C16H20ClN3O2/c1-5-13(15-9(2)19-20(4)10(15)3)18-16(22)11-6-7-14(21)12(17)8-11/h6-8,13,21H,5H2,1-4H3,(H,18,22)/t13-/m1/s1. The molecule has 1 heterocycles. The quantitative estimate of drug-likeness (QED) is 0.908. The number of rotatable bonds is 4. The third-order valence-electron chi connectivity index (χ3n) is 3.84. The number of nitrogens with one attached hydrogen (secondary N) is 1. The summed E-state index contributed by atoms with van der Waals surface area (Å²) in [6.07, 6.45) is 0.755. The first-order valence-corrected chi connectivity index (χ1v) is 7.52. The summed E-state index contributed by atoms with van der Waals surface area (Å²) in [7, 11) is 1.89. The number of nitrogens with zero attached hydrogens (tertiary/aromatic N) is 2. The molecule has 0 spiro atoms. The number of benzene rings is 1. The molecule has 0 saturated heterocycles. The van der Waals surface area contributed by atoms with Crippen LogP contribution in [0.25, 0.3) is 0 Å². The van der Waals surface area contributed by atoms with Gasteiger partial charge in [0.2, 0.25) is 0 Å². The van der Waals surface area contributed by atoms with Crippen LogP contribution in [0, 0.1) is 13.8 Å². The van der Waals surface area contributed by atoms with Gasteiger partial charge in [-0.2, -0.15) is 5.10 Å². The lowest BCUT2D eigenvalue weighted by Gasteiger charge is -2.18. The zero-order valence-corrected chi connectivity index (χ0v) is 13.9. The molecular weight excluding hydrogens is 302 g/mol. The molecule has 5 nitrogen and oxygen atoms in total. The Kier molecular flexibility index (Phi) is 4.76. The fourth-order valence-electron chi connectivity index (χ4n) is 2.56. The summed E-state index contributed by atoms with van der Waals surface area (Å²) in [6, 6.07) is 4.31. The number of phenolic OH excluding ortho intramolecular Hbond substituents is 1. The molecule has 1 amide bonds. The Hall–Kier alpha value is -2.01. The number of hydrogen-bond donors (Lipinski definition) is 2. The monoisotopic (exact) mass is 321 g/mol. The van der Waals surface area contributed by atoms with Gasteiger partial charge in [0.15, 0.2) is 0 Å². The molecule has 0 aliphatic carbocycles. The summed E-state index contributed by atoms with van der Waals surface area (Å²) in [4.78, 5) is 12.4. The molecule has 0 fully saturated rings. The predicted octanol–water partition coefficient (Wildman–Crippen LogP) is 3.28. The minimum Gasteiger partial charge on any atom is -0.506 e. The topological polar surface area (TPSA) is 67.2 Å². The number of aromatic hydroxyl groups is 1. The van der Waals surface area contributed by atoms with Gasteiger partial charge in [-0.3, -0.25) is 9.48 Å². The van der Waals surface area contributed by atoms with E-state index in [4.69, 9.17) is 11.6 Å². The molecule has 0 aliphatic heterocycles. The highest BCUT2D eigenvalue weighted by atomic mass is 35.5. The second kappa shape index (κ2) is 6.40. The molecule has 2 N–H and O–H groups in total. The van der Waals surface area contributed by atoms with Crippen LogP contribution < -0.4 is 5.32 Å². The van der Waals surface area contributed by atoms with Crippen LogP contribution in [0.5, 0.6) is 5.75 Å². The summed E-state index contributed by atoms with van der Waals surface area (Å²) in [5.41, 5.74) is 3.41. The van der Waals surface area contributed by atoms with E-state index in [1.54, 1.807) is 6.07 Å². The lowest BCUT2D eigenvalue weighted by molar-refractivity contribution is 0.0935. The van der Waals surface area contributed by atoms with E-state index in [-0.39, 0.29) is 22.7 Å². The Morgan fingerprint density at radius 3 is 2.64 bits per heavy atom. The van der Waals surface area contributed by atoms with Crippen molar-refractivity contribution in [1.29, 1.82) is 0 Å². The van der Waals surface area contributed by atoms with Gasteiger partial charge in [0, 0.05) is 23.9 Å². The third kappa shape index (κ3) is 3.09. The number of halogens is 1. The highest BCUT2D eigenvalue weighted by Gasteiger charge is 2.21. The van der Waals surface area contributed by atoms with E-state index >= 15 is 0 Å². The van der Waals surface area contributed by atoms with Crippen LogP contribution in [0.15, 0.2) is 18.2 Å². The van der Waals surface area contributed by atoms with Gasteiger partial charge in [-0.15, -0.1) is 0 Å². The van der Waals surface area contributed by atoms with Gasteiger partial charge in [-0.05, 0) is 38.5 Å². The molecule has 0 saturated carbocycles. The van der Waals surface area contributed by atoms with E-state index in [2.05, 4.69) is 10.4 Å². The molecule has 2 rings (SSSR count). The first-order valence-electron chi connectivity index (χ1n) is 7.14. The van der Waals surface area contributed by atoms with Crippen molar-refractivity contribution in [3.8, 4) is 5.75 Å². The predicted molar refractivity (Wildman–Crippen MR) is 86.3 cm³/mol. The Bertz CT molecular complexity index is 710. The maximum absolute atomic E-state index is 12.4. The summed E-state index contributed by atoms with van der Waals surface area (Å²) in [6.45, 7) is 5.94. The van der Waals surface area contributed by atoms with E-state index in [9.17, 15) is 9.90 Å². The minimum absolute atomic E-state index is 0.0378. The van der Waals surface area contributed by atoms with Crippen molar-refractivity contribution in [3.63, 3.8) is 0 Å². The van der Waals surface area contributed by atoms with Gasteiger partial charge in [0.1, 0.15) is 5.75 Å². The van der Waals surface area contributed by atoms with Crippen molar-refractivity contribution in [3.05, 3.63) is 45.7 Å². The molecular formula is C16H20ClN3O2. The van der Waals surface area contributed by atoms with Crippen LogP contribution >= 0.6 is 11.6 Å². The van der Waals surface area contributed by atoms with Crippen molar-refractivity contribution in [2.75, 3.05) is 0 Å². The van der Waals surface area contributed by atoms with E-state index in [1.807, 2.05) is 32.5 Å². The van der Waals surface area contributed by atoms with Crippen LogP contribution in [0.3, 0.4) is 0 Å². The van der Waals surface area contributed by atoms with Gasteiger partial charge in [-0.25, -0.2) is 0 Å². The first kappa shape index (κ1) is 16.4. The van der Waals surface area contributed by atoms with Gasteiger partial charge in [0.25, 0.3) is 5.91 Å². The highest BCUT2D eigenvalue weighted by Crippen LogP contribution is 2.26. The van der Waals surface area contributed by atoms with Crippen molar-refractivity contribution in [2.45, 2.75) is 33.2 Å². The van der Waals surface area contributed by atoms with Gasteiger partial charge in [-0.1, -0.05) is 18.5 Å². The van der Waals surface area contributed by atoms with E-state index < -0.39 is 0 Å². The number of phenols is 1. The fourth-order valence-corrected chi connectivity index (χ4v) is 2.74. The van der Waals surface area contributed by atoms with Crippen LogP contribution in [-0.2, 0) is 7.05 Å². The van der Waals surface area contributed by atoms with Gasteiger partial charge >= 0.3 is 0 Å². The fraction of sp³-hybridized carbons (Fsp3) is 0.375. The molecule has 1 atom stereocenters.